The number of hydrogen-bond acceptors (Lipinski definition) is 2. The molecule has 2 rings (SSSR count). The van der Waals surface area contributed by atoms with Gasteiger partial charge in [-0.15, -0.1) is 0 Å². The molecule has 0 atom stereocenters. The molecule has 0 aliphatic carbocycles. The smallest absolute Gasteiger partial charge is 0.0519 e. The third-order valence-corrected chi connectivity index (χ3v) is 4.45. The molecule has 1 aromatic carbocycles. The number of hydrogen-bond donors (Lipinski definition) is 0. The SMILES string of the molecule is CCOCCCC=CCc1cn(C)cc(-c2cccc(Cl)c2)c1=S. The van der Waals surface area contributed by atoms with Crippen LogP contribution in [0, 0.1) is 4.51 Å². The van der Waals surface area contributed by atoms with Crippen molar-refractivity contribution in [2.45, 2.75) is 26.2 Å². The molecule has 2 nitrogen and oxygen atoms in total. The van der Waals surface area contributed by atoms with Crippen molar-refractivity contribution < 1.29 is 4.74 Å². The van der Waals surface area contributed by atoms with Crippen LogP contribution in [0.5, 0.6) is 0 Å². The maximum Gasteiger partial charge on any atom is 0.0519 e. The van der Waals surface area contributed by atoms with E-state index in [2.05, 4.69) is 29.1 Å². The zero-order chi connectivity index (χ0) is 17.4. The highest BCUT2D eigenvalue weighted by molar-refractivity contribution is 7.71. The Morgan fingerprint density at radius 3 is 2.83 bits per heavy atom. The first-order valence-electron chi connectivity index (χ1n) is 8.29. The molecule has 24 heavy (non-hydrogen) atoms. The highest BCUT2D eigenvalue weighted by atomic mass is 35.5. The predicted octanol–water partition coefficient (Wildman–Crippen LogP) is 5.99. The van der Waals surface area contributed by atoms with Crippen molar-refractivity contribution in [3.63, 3.8) is 0 Å². The van der Waals surface area contributed by atoms with Gasteiger partial charge in [0.25, 0.3) is 0 Å². The molecule has 0 aliphatic rings. The van der Waals surface area contributed by atoms with Crippen LogP contribution >= 0.6 is 23.8 Å². The molecule has 0 bridgehead atoms. The Kier molecular flexibility index (Phi) is 7.70. The summed E-state index contributed by atoms with van der Waals surface area (Å²) < 4.78 is 8.30. The Bertz CT molecular complexity index is 752. The molecule has 0 N–H and O–H groups in total. The van der Waals surface area contributed by atoms with Gasteiger partial charge in [-0.2, -0.15) is 0 Å². The standard InChI is InChI=1S/C20H24ClNOS/c1-3-23-12-7-5-4-6-9-17-14-22(2)15-19(20(17)24)16-10-8-11-18(21)13-16/h4,6,8,10-11,13-15H,3,5,7,9,12H2,1-2H3. The minimum absolute atomic E-state index is 0.726. The maximum atomic E-state index is 6.12. The van der Waals surface area contributed by atoms with Crippen molar-refractivity contribution in [3.8, 4) is 11.1 Å². The van der Waals surface area contributed by atoms with Gasteiger partial charge in [-0.3, -0.25) is 0 Å². The van der Waals surface area contributed by atoms with Gasteiger partial charge in [-0.25, -0.2) is 0 Å². The van der Waals surface area contributed by atoms with E-state index in [4.69, 9.17) is 28.6 Å². The first kappa shape index (κ1) is 18.9. The average Bonchev–Trinajstić information content (AvgIpc) is 2.56. The molecule has 0 spiro atoms. The first-order chi connectivity index (χ1) is 11.6. The third-order valence-electron chi connectivity index (χ3n) is 3.73. The Balaban J connectivity index is 2.11. The zero-order valence-electron chi connectivity index (χ0n) is 14.3. The summed E-state index contributed by atoms with van der Waals surface area (Å²) in [5.74, 6) is 0. The van der Waals surface area contributed by atoms with Crippen LogP contribution in [0.15, 0.2) is 48.8 Å². The van der Waals surface area contributed by atoms with E-state index in [9.17, 15) is 0 Å². The van der Waals surface area contributed by atoms with E-state index in [-0.39, 0.29) is 0 Å². The van der Waals surface area contributed by atoms with Gasteiger partial charge in [0, 0.05) is 43.2 Å². The summed E-state index contributed by atoms with van der Waals surface area (Å²) in [5.41, 5.74) is 3.27. The van der Waals surface area contributed by atoms with Crippen LogP contribution in [-0.2, 0) is 18.2 Å². The van der Waals surface area contributed by atoms with Gasteiger partial charge in [0.1, 0.15) is 0 Å². The van der Waals surface area contributed by atoms with E-state index < -0.39 is 0 Å². The second kappa shape index (κ2) is 9.77. The summed E-state index contributed by atoms with van der Waals surface area (Å²) in [6.45, 7) is 3.63. The molecule has 2 aromatic rings. The van der Waals surface area contributed by atoms with Gasteiger partial charge in [0.15, 0.2) is 0 Å². The summed E-state index contributed by atoms with van der Waals surface area (Å²) in [7, 11) is 2.03. The number of aryl methyl sites for hydroxylation is 1. The van der Waals surface area contributed by atoms with E-state index in [0.717, 1.165) is 58.7 Å². The molecule has 0 saturated heterocycles. The normalized spacial score (nSPS) is 11.3. The van der Waals surface area contributed by atoms with Crippen LogP contribution in [0.25, 0.3) is 11.1 Å². The average molecular weight is 362 g/mol. The van der Waals surface area contributed by atoms with Crippen molar-refractivity contribution in [2.24, 2.45) is 7.05 Å². The fourth-order valence-corrected chi connectivity index (χ4v) is 3.06. The van der Waals surface area contributed by atoms with Gasteiger partial charge in [-0.05, 0) is 49.4 Å². The van der Waals surface area contributed by atoms with E-state index >= 15 is 0 Å². The number of halogens is 1. The summed E-state index contributed by atoms with van der Waals surface area (Å²) >= 11 is 11.8. The third kappa shape index (κ3) is 5.59. The molecule has 1 heterocycles. The largest absolute Gasteiger partial charge is 0.382 e. The van der Waals surface area contributed by atoms with Crippen LogP contribution in [0.2, 0.25) is 5.02 Å². The Morgan fingerprint density at radius 1 is 1.25 bits per heavy atom. The van der Waals surface area contributed by atoms with Crippen molar-refractivity contribution in [1.29, 1.82) is 0 Å². The van der Waals surface area contributed by atoms with Gasteiger partial charge < -0.3 is 9.30 Å². The van der Waals surface area contributed by atoms with E-state index in [1.54, 1.807) is 0 Å². The molecule has 0 saturated carbocycles. The molecule has 128 valence electrons. The van der Waals surface area contributed by atoms with Gasteiger partial charge in [0.05, 0.1) is 4.51 Å². The maximum absolute atomic E-state index is 6.12. The highest BCUT2D eigenvalue weighted by Crippen LogP contribution is 2.25. The summed E-state index contributed by atoms with van der Waals surface area (Å²) in [6, 6.07) is 7.84. The minimum atomic E-state index is 0.726. The fourth-order valence-electron chi connectivity index (χ4n) is 2.56. The summed E-state index contributed by atoms with van der Waals surface area (Å²) in [6.07, 6.45) is 11.5. The highest BCUT2D eigenvalue weighted by Gasteiger charge is 2.05. The van der Waals surface area contributed by atoms with Crippen molar-refractivity contribution in [3.05, 3.63) is 63.9 Å². The monoisotopic (exact) mass is 361 g/mol. The lowest BCUT2D eigenvalue weighted by Gasteiger charge is -2.10. The lowest BCUT2D eigenvalue weighted by atomic mass is 10.0. The fraction of sp³-hybridized carbons (Fsp3) is 0.350. The number of aromatic nitrogens is 1. The van der Waals surface area contributed by atoms with Crippen LogP contribution in [0.3, 0.4) is 0 Å². The van der Waals surface area contributed by atoms with Crippen LogP contribution in [0.1, 0.15) is 25.3 Å². The lowest BCUT2D eigenvalue weighted by Crippen LogP contribution is -1.97. The van der Waals surface area contributed by atoms with E-state index in [1.807, 2.05) is 38.2 Å². The number of unbranched alkanes of at least 4 members (excludes halogenated alkanes) is 1. The second-order valence-corrected chi connectivity index (χ2v) is 6.56. The molecule has 4 heteroatoms. The molecule has 0 aliphatic heterocycles. The molecular weight excluding hydrogens is 338 g/mol. The minimum Gasteiger partial charge on any atom is -0.382 e. The molecule has 1 aromatic heterocycles. The van der Waals surface area contributed by atoms with E-state index in [1.165, 1.54) is 0 Å². The Hall–Kier alpha value is -1.42. The molecule has 0 unspecified atom stereocenters. The van der Waals surface area contributed by atoms with Crippen LogP contribution in [-0.4, -0.2) is 17.8 Å². The summed E-state index contributed by atoms with van der Waals surface area (Å²) in [5, 5.41) is 0.726. The number of allylic oxidation sites excluding steroid dienone is 2. The predicted molar refractivity (Wildman–Crippen MR) is 105 cm³/mol. The Labute approximate surface area is 154 Å². The number of nitrogens with zero attached hydrogens (tertiary/aromatic N) is 1. The van der Waals surface area contributed by atoms with Crippen molar-refractivity contribution >= 4 is 23.8 Å². The second-order valence-electron chi connectivity index (χ2n) is 5.72. The lowest BCUT2D eigenvalue weighted by molar-refractivity contribution is 0.145. The van der Waals surface area contributed by atoms with Gasteiger partial charge >= 0.3 is 0 Å². The molecule has 0 fully saturated rings. The van der Waals surface area contributed by atoms with E-state index in [0.29, 0.717) is 0 Å². The first-order valence-corrected chi connectivity index (χ1v) is 9.08. The molecular formula is C20H24ClNOS. The van der Waals surface area contributed by atoms with Gasteiger partial charge in [0.2, 0.25) is 0 Å². The molecule has 0 amide bonds. The molecule has 0 radical (unpaired) electrons. The quantitative estimate of drug-likeness (QED) is 0.325. The van der Waals surface area contributed by atoms with Crippen molar-refractivity contribution in [1.82, 2.24) is 4.57 Å². The number of benzene rings is 1. The number of ether oxygens (including phenoxy) is 1. The number of pyridine rings is 1. The van der Waals surface area contributed by atoms with Crippen LogP contribution in [0.4, 0.5) is 0 Å². The topological polar surface area (TPSA) is 14.2 Å². The number of rotatable bonds is 8. The summed E-state index contributed by atoms with van der Waals surface area (Å²) in [4.78, 5) is 0. The zero-order valence-corrected chi connectivity index (χ0v) is 15.9. The van der Waals surface area contributed by atoms with Gasteiger partial charge in [-0.1, -0.05) is 48.1 Å². The van der Waals surface area contributed by atoms with Crippen LogP contribution < -0.4 is 0 Å². The Morgan fingerprint density at radius 2 is 2.08 bits per heavy atom. The van der Waals surface area contributed by atoms with Crippen molar-refractivity contribution in [2.75, 3.05) is 13.2 Å².